The number of carbonyl (C=O) groups excluding carboxylic acids is 1. The Bertz CT molecular complexity index is 224. The lowest BCUT2D eigenvalue weighted by Crippen LogP contribution is -2.37. The number of allylic oxidation sites excluding steroid dienone is 1. The molecule has 0 radical (unpaired) electrons. The fourth-order valence-corrected chi connectivity index (χ4v) is 1.92. The predicted octanol–water partition coefficient (Wildman–Crippen LogP) is 2.89. The standard InChI is InChI=1S/C12H22N2O/c1-3-14(4-2)12(15)13-10-11-8-6-5-7-9-11/h10H,3-9H2,1-2H3,(H,13,15). The molecule has 0 spiro atoms. The maximum absolute atomic E-state index is 11.6. The van der Waals surface area contributed by atoms with Crippen LogP contribution < -0.4 is 5.32 Å². The molecular formula is C12H22N2O. The van der Waals surface area contributed by atoms with Gasteiger partial charge >= 0.3 is 6.03 Å². The Morgan fingerprint density at radius 3 is 2.40 bits per heavy atom. The van der Waals surface area contributed by atoms with Crippen LogP contribution in [0.15, 0.2) is 11.8 Å². The van der Waals surface area contributed by atoms with Gasteiger partial charge in [-0.1, -0.05) is 12.0 Å². The van der Waals surface area contributed by atoms with Gasteiger partial charge in [0.05, 0.1) is 0 Å². The topological polar surface area (TPSA) is 32.3 Å². The van der Waals surface area contributed by atoms with Gasteiger partial charge in [-0.3, -0.25) is 0 Å². The van der Waals surface area contributed by atoms with E-state index >= 15 is 0 Å². The second-order valence-electron chi connectivity index (χ2n) is 3.99. The van der Waals surface area contributed by atoms with Crippen LogP contribution >= 0.6 is 0 Å². The van der Waals surface area contributed by atoms with E-state index in [0.29, 0.717) is 0 Å². The van der Waals surface area contributed by atoms with Crippen molar-refractivity contribution in [3.05, 3.63) is 11.8 Å². The molecule has 0 bridgehead atoms. The van der Waals surface area contributed by atoms with E-state index in [-0.39, 0.29) is 6.03 Å². The molecule has 1 fully saturated rings. The first-order chi connectivity index (χ1) is 7.27. The van der Waals surface area contributed by atoms with Crippen LogP contribution in [-0.4, -0.2) is 24.0 Å². The zero-order valence-electron chi connectivity index (χ0n) is 9.88. The molecule has 15 heavy (non-hydrogen) atoms. The fourth-order valence-electron chi connectivity index (χ4n) is 1.92. The highest BCUT2D eigenvalue weighted by Gasteiger charge is 2.08. The van der Waals surface area contributed by atoms with Crippen molar-refractivity contribution < 1.29 is 4.79 Å². The van der Waals surface area contributed by atoms with Crippen LogP contribution in [-0.2, 0) is 0 Å². The van der Waals surface area contributed by atoms with Crippen molar-refractivity contribution in [2.75, 3.05) is 13.1 Å². The van der Waals surface area contributed by atoms with Crippen molar-refractivity contribution in [2.45, 2.75) is 46.0 Å². The minimum atomic E-state index is 0.0260. The lowest BCUT2D eigenvalue weighted by Gasteiger charge is -2.19. The highest BCUT2D eigenvalue weighted by molar-refractivity contribution is 5.75. The number of carbonyl (C=O) groups is 1. The summed E-state index contributed by atoms with van der Waals surface area (Å²) in [5.74, 6) is 0. The number of rotatable bonds is 3. The monoisotopic (exact) mass is 210 g/mol. The highest BCUT2D eigenvalue weighted by Crippen LogP contribution is 2.21. The Balaban J connectivity index is 2.37. The third-order valence-electron chi connectivity index (χ3n) is 2.95. The summed E-state index contributed by atoms with van der Waals surface area (Å²) in [4.78, 5) is 13.4. The summed E-state index contributed by atoms with van der Waals surface area (Å²) in [7, 11) is 0. The fraction of sp³-hybridized carbons (Fsp3) is 0.750. The van der Waals surface area contributed by atoms with E-state index in [1.54, 1.807) is 4.90 Å². The molecule has 0 heterocycles. The lowest BCUT2D eigenvalue weighted by atomic mass is 9.96. The van der Waals surface area contributed by atoms with Crippen LogP contribution in [0.4, 0.5) is 4.79 Å². The summed E-state index contributed by atoms with van der Waals surface area (Å²) >= 11 is 0. The average molecular weight is 210 g/mol. The van der Waals surface area contributed by atoms with Crippen LogP contribution in [0.2, 0.25) is 0 Å². The van der Waals surface area contributed by atoms with Gasteiger partial charge in [-0.2, -0.15) is 0 Å². The van der Waals surface area contributed by atoms with Gasteiger partial charge in [-0.25, -0.2) is 4.79 Å². The Kier molecular flexibility index (Phi) is 5.22. The highest BCUT2D eigenvalue weighted by atomic mass is 16.2. The van der Waals surface area contributed by atoms with Gasteiger partial charge < -0.3 is 10.2 Å². The smallest absolute Gasteiger partial charge is 0.321 e. The quantitative estimate of drug-likeness (QED) is 0.763. The van der Waals surface area contributed by atoms with E-state index in [2.05, 4.69) is 5.32 Å². The molecular weight excluding hydrogens is 188 g/mol. The molecule has 0 atom stereocenters. The van der Waals surface area contributed by atoms with Gasteiger partial charge in [-0.15, -0.1) is 0 Å². The largest absolute Gasteiger partial charge is 0.325 e. The molecule has 0 saturated heterocycles. The number of amides is 2. The summed E-state index contributed by atoms with van der Waals surface area (Å²) in [6, 6.07) is 0.0260. The summed E-state index contributed by atoms with van der Waals surface area (Å²) in [6.07, 6.45) is 8.10. The Hall–Kier alpha value is -0.990. The molecule has 3 nitrogen and oxygen atoms in total. The second-order valence-corrected chi connectivity index (χ2v) is 3.99. The van der Waals surface area contributed by atoms with E-state index in [0.717, 1.165) is 25.9 Å². The maximum atomic E-state index is 11.6. The molecule has 0 aromatic rings. The van der Waals surface area contributed by atoms with E-state index in [1.807, 2.05) is 20.0 Å². The number of nitrogens with one attached hydrogen (secondary N) is 1. The molecule has 0 aromatic heterocycles. The molecule has 86 valence electrons. The molecule has 3 heteroatoms. The van der Waals surface area contributed by atoms with Crippen molar-refractivity contribution in [3.8, 4) is 0 Å². The van der Waals surface area contributed by atoms with Crippen LogP contribution in [0.3, 0.4) is 0 Å². The third kappa shape index (κ3) is 3.94. The van der Waals surface area contributed by atoms with Crippen molar-refractivity contribution in [2.24, 2.45) is 0 Å². The summed E-state index contributed by atoms with van der Waals surface area (Å²) in [6.45, 7) is 5.53. The van der Waals surface area contributed by atoms with E-state index in [9.17, 15) is 4.79 Å². The third-order valence-corrected chi connectivity index (χ3v) is 2.95. The number of hydrogen-bond donors (Lipinski definition) is 1. The van der Waals surface area contributed by atoms with Crippen molar-refractivity contribution in [1.82, 2.24) is 10.2 Å². The molecule has 0 aromatic carbocycles. The molecule has 1 aliphatic rings. The van der Waals surface area contributed by atoms with Crippen LogP contribution in [0.1, 0.15) is 46.0 Å². The first-order valence-electron chi connectivity index (χ1n) is 6.01. The average Bonchev–Trinajstić information content (AvgIpc) is 2.29. The van der Waals surface area contributed by atoms with Crippen LogP contribution in [0.5, 0.6) is 0 Å². The van der Waals surface area contributed by atoms with Gasteiger partial charge in [0.15, 0.2) is 0 Å². The van der Waals surface area contributed by atoms with Gasteiger partial charge in [0.1, 0.15) is 0 Å². The molecule has 1 aliphatic carbocycles. The van der Waals surface area contributed by atoms with Crippen molar-refractivity contribution in [3.63, 3.8) is 0 Å². The minimum absolute atomic E-state index is 0.0260. The van der Waals surface area contributed by atoms with Crippen LogP contribution in [0.25, 0.3) is 0 Å². The molecule has 0 aliphatic heterocycles. The van der Waals surface area contributed by atoms with Crippen LogP contribution in [0, 0.1) is 0 Å². The minimum Gasteiger partial charge on any atom is -0.325 e. The lowest BCUT2D eigenvalue weighted by molar-refractivity contribution is 0.207. The van der Waals surface area contributed by atoms with E-state index in [4.69, 9.17) is 0 Å². The first-order valence-corrected chi connectivity index (χ1v) is 6.01. The summed E-state index contributed by atoms with van der Waals surface area (Å²) in [5.41, 5.74) is 1.39. The summed E-state index contributed by atoms with van der Waals surface area (Å²) < 4.78 is 0. The molecule has 1 rings (SSSR count). The number of urea groups is 1. The van der Waals surface area contributed by atoms with E-state index in [1.165, 1.54) is 24.8 Å². The maximum Gasteiger partial charge on any atom is 0.321 e. The molecule has 1 N–H and O–H groups in total. The first kappa shape index (κ1) is 12.1. The predicted molar refractivity (Wildman–Crippen MR) is 62.6 cm³/mol. The number of hydrogen-bond acceptors (Lipinski definition) is 1. The van der Waals surface area contributed by atoms with Gasteiger partial charge in [0.2, 0.25) is 0 Å². The Morgan fingerprint density at radius 1 is 1.27 bits per heavy atom. The molecule has 1 saturated carbocycles. The van der Waals surface area contributed by atoms with Crippen molar-refractivity contribution in [1.29, 1.82) is 0 Å². The Morgan fingerprint density at radius 2 is 1.87 bits per heavy atom. The van der Waals surface area contributed by atoms with Gasteiger partial charge in [-0.05, 0) is 39.5 Å². The SMILES string of the molecule is CCN(CC)C(=O)NC=C1CCCCC1. The van der Waals surface area contributed by atoms with Gasteiger partial charge in [0.25, 0.3) is 0 Å². The molecule has 0 unspecified atom stereocenters. The molecule has 2 amide bonds. The van der Waals surface area contributed by atoms with Crippen molar-refractivity contribution >= 4 is 6.03 Å². The second kappa shape index (κ2) is 6.49. The summed E-state index contributed by atoms with van der Waals surface area (Å²) in [5, 5.41) is 2.88. The Labute approximate surface area is 92.5 Å². The zero-order valence-corrected chi connectivity index (χ0v) is 9.88. The normalized spacial score (nSPS) is 16.0. The zero-order chi connectivity index (χ0) is 11.1. The van der Waals surface area contributed by atoms with E-state index < -0.39 is 0 Å². The number of nitrogens with zero attached hydrogens (tertiary/aromatic N) is 1. The van der Waals surface area contributed by atoms with Gasteiger partial charge in [0, 0.05) is 19.3 Å².